The van der Waals surface area contributed by atoms with Gasteiger partial charge >= 0.3 is 0 Å². The summed E-state index contributed by atoms with van der Waals surface area (Å²) in [6.45, 7) is 3.79. The quantitative estimate of drug-likeness (QED) is 0.685. The Morgan fingerprint density at radius 1 is 1.25 bits per heavy atom. The number of primary amides is 1. The Bertz CT molecular complexity index is 733. The first-order valence-electron chi connectivity index (χ1n) is 7.85. The minimum Gasteiger partial charge on any atom is -0.383 e. The molecule has 4 N–H and O–H groups in total. The van der Waals surface area contributed by atoms with Gasteiger partial charge in [0.2, 0.25) is 11.8 Å². The number of aliphatic hydroxyl groups excluding tert-OH is 1. The lowest BCUT2D eigenvalue weighted by molar-refractivity contribution is -0.133. The number of nitrogens with two attached hydrogens (primary N) is 1. The minimum atomic E-state index is -1.17. The number of fused-ring (bicyclic) bond motifs is 1. The maximum absolute atomic E-state index is 12.0. The molecule has 7 nitrogen and oxygen atoms in total. The van der Waals surface area contributed by atoms with Crippen LogP contribution in [0.2, 0.25) is 0 Å². The number of aromatic nitrogens is 2. The van der Waals surface area contributed by atoms with E-state index in [1.165, 1.54) is 0 Å². The maximum Gasteiger partial charge on any atom is 0.249 e. The van der Waals surface area contributed by atoms with Crippen LogP contribution in [0.3, 0.4) is 0 Å². The molecule has 7 heteroatoms. The van der Waals surface area contributed by atoms with E-state index >= 15 is 0 Å². The number of nitrogens with one attached hydrogen (secondary N) is 1. The van der Waals surface area contributed by atoms with Crippen LogP contribution in [0, 0.1) is 5.92 Å². The molecule has 2 atom stereocenters. The summed E-state index contributed by atoms with van der Waals surface area (Å²) >= 11 is 0. The Balaban J connectivity index is 2.09. The molecule has 1 aromatic carbocycles. The molecule has 1 heterocycles. The van der Waals surface area contributed by atoms with Crippen LogP contribution in [0.5, 0.6) is 0 Å². The van der Waals surface area contributed by atoms with Crippen molar-refractivity contribution in [2.24, 2.45) is 11.7 Å². The van der Waals surface area contributed by atoms with E-state index in [1.54, 1.807) is 6.20 Å². The molecule has 0 bridgehead atoms. The number of nitrogens with zero attached hydrogens (tertiary/aromatic N) is 2. The number of para-hydroxylation sites is 2. The molecule has 0 fully saturated rings. The summed E-state index contributed by atoms with van der Waals surface area (Å²) in [4.78, 5) is 32.3. The van der Waals surface area contributed by atoms with Gasteiger partial charge < -0.3 is 16.2 Å². The van der Waals surface area contributed by atoms with Crippen molar-refractivity contribution in [2.45, 2.75) is 38.8 Å². The van der Waals surface area contributed by atoms with Crippen molar-refractivity contribution < 1.29 is 14.7 Å². The van der Waals surface area contributed by atoms with Crippen molar-refractivity contribution in [1.29, 1.82) is 0 Å². The third kappa shape index (κ3) is 4.73. The zero-order valence-electron chi connectivity index (χ0n) is 13.8. The van der Waals surface area contributed by atoms with Crippen LogP contribution in [0.25, 0.3) is 11.0 Å². The number of amides is 2. The standard InChI is InChI=1S/C17H22N4O3/c1-10(2)7-15(22)17(24)21-14(16(18)23)8-11-9-19-12-5-3-4-6-13(12)20-11/h3-6,9-10,14-15,22H,7-8H2,1-2H3,(H2,18,23)(H,21,24)/t14-,15+/m1/s1. The predicted molar refractivity (Wildman–Crippen MR) is 89.8 cm³/mol. The highest BCUT2D eigenvalue weighted by molar-refractivity contribution is 5.88. The minimum absolute atomic E-state index is 0.118. The van der Waals surface area contributed by atoms with Gasteiger partial charge in [-0.2, -0.15) is 0 Å². The summed E-state index contributed by atoms with van der Waals surface area (Å²) in [6, 6.07) is 6.41. The molecule has 0 aliphatic carbocycles. The largest absolute Gasteiger partial charge is 0.383 e. The van der Waals surface area contributed by atoms with Gasteiger partial charge in [0.25, 0.3) is 0 Å². The Morgan fingerprint density at radius 2 is 1.92 bits per heavy atom. The topological polar surface area (TPSA) is 118 Å². The van der Waals surface area contributed by atoms with E-state index in [-0.39, 0.29) is 12.3 Å². The van der Waals surface area contributed by atoms with Crippen molar-refractivity contribution in [3.8, 4) is 0 Å². The highest BCUT2D eigenvalue weighted by Gasteiger charge is 2.24. The highest BCUT2D eigenvalue weighted by Crippen LogP contribution is 2.10. The molecule has 2 amide bonds. The van der Waals surface area contributed by atoms with Gasteiger partial charge in [-0.05, 0) is 24.5 Å². The summed E-state index contributed by atoms with van der Waals surface area (Å²) in [5.74, 6) is -1.14. The third-order valence-electron chi connectivity index (χ3n) is 3.57. The average Bonchev–Trinajstić information content (AvgIpc) is 2.53. The van der Waals surface area contributed by atoms with Crippen LogP contribution in [-0.4, -0.2) is 39.0 Å². The lowest BCUT2D eigenvalue weighted by atomic mass is 10.0. The number of aliphatic hydroxyl groups is 1. The van der Waals surface area contributed by atoms with Gasteiger partial charge in [0.1, 0.15) is 12.1 Å². The van der Waals surface area contributed by atoms with Crippen LogP contribution < -0.4 is 11.1 Å². The van der Waals surface area contributed by atoms with Gasteiger partial charge in [0.05, 0.1) is 16.7 Å². The molecule has 1 aromatic heterocycles. The second-order valence-corrected chi connectivity index (χ2v) is 6.16. The van der Waals surface area contributed by atoms with Crippen molar-refractivity contribution in [2.75, 3.05) is 0 Å². The molecule has 0 unspecified atom stereocenters. The fourth-order valence-corrected chi connectivity index (χ4v) is 2.35. The van der Waals surface area contributed by atoms with E-state index in [9.17, 15) is 14.7 Å². The molecule has 2 rings (SSSR count). The molecular formula is C17H22N4O3. The normalized spacial score (nSPS) is 13.7. The Hall–Kier alpha value is -2.54. The monoisotopic (exact) mass is 330 g/mol. The zero-order valence-corrected chi connectivity index (χ0v) is 13.8. The van der Waals surface area contributed by atoms with Crippen molar-refractivity contribution in [3.63, 3.8) is 0 Å². The van der Waals surface area contributed by atoms with Crippen LogP contribution in [-0.2, 0) is 16.0 Å². The lowest BCUT2D eigenvalue weighted by Crippen LogP contribution is -2.49. The molecule has 0 radical (unpaired) electrons. The van der Waals surface area contributed by atoms with Crippen LogP contribution >= 0.6 is 0 Å². The summed E-state index contributed by atoms with van der Waals surface area (Å²) < 4.78 is 0. The fourth-order valence-electron chi connectivity index (χ4n) is 2.35. The van der Waals surface area contributed by atoms with Gasteiger partial charge in [-0.1, -0.05) is 26.0 Å². The molecule has 0 aliphatic heterocycles. The first-order valence-corrected chi connectivity index (χ1v) is 7.85. The van der Waals surface area contributed by atoms with Crippen LogP contribution in [0.4, 0.5) is 0 Å². The molecule has 0 spiro atoms. The Labute approximate surface area is 140 Å². The molecule has 0 aliphatic rings. The van der Waals surface area contributed by atoms with E-state index in [4.69, 9.17) is 5.73 Å². The molecule has 24 heavy (non-hydrogen) atoms. The van der Waals surface area contributed by atoms with E-state index in [1.807, 2.05) is 38.1 Å². The number of benzene rings is 1. The predicted octanol–water partition coefficient (Wildman–Crippen LogP) is 0.549. The zero-order chi connectivity index (χ0) is 17.7. The van der Waals surface area contributed by atoms with Crippen molar-refractivity contribution in [3.05, 3.63) is 36.2 Å². The van der Waals surface area contributed by atoms with E-state index in [0.29, 0.717) is 17.6 Å². The molecular weight excluding hydrogens is 308 g/mol. The van der Waals surface area contributed by atoms with Gasteiger partial charge in [-0.15, -0.1) is 0 Å². The second-order valence-electron chi connectivity index (χ2n) is 6.16. The molecule has 2 aromatic rings. The number of carbonyl (C=O) groups is 2. The average molecular weight is 330 g/mol. The third-order valence-corrected chi connectivity index (χ3v) is 3.57. The van der Waals surface area contributed by atoms with Crippen LogP contribution in [0.15, 0.2) is 30.5 Å². The summed E-state index contributed by atoms with van der Waals surface area (Å²) in [6.07, 6.45) is 0.810. The van der Waals surface area contributed by atoms with Gasteiger partial charge in [-0.3, -0.25) is 14.6 Å². The first kappa shape index (κ1) is 17.8. The summed E-state index contributed by atoms with van der Waals surface area (Å²) in [7, 11) is 0. The number of carbonyl (C=O) groups excluding carboxylic acids is 2. The van der Waals surface area contributed by atoms with Gasteiger partial charge in [0, 0.05) is 12.6 Å². The second kappa shape index (κ2) is 7.83. The maximum atomic E-state index is 12.0. The fraction of sp³-hybridized carbons (Fsp3) is 0.412. The first-order chi connectivity index (χ1) is 11.4. The van der Waals surface area contributed by atoms with E-state index in [0.717, 1.165) is 5.52 Å². The van der Waals surface area contributed by atoms with Crippen LogP contribution in [0.1, 0.15) is 26.0 Å². The molecule has 128 valence electrons. The van der Waals surface area contributed by atoms with E-state index in [2.05, 4.69) is 15.3 Å². The lowest BCUT2D eigenvalue weighted by Gasteiger charge is -2.18. The SMILES string of the molecule is CC(C)C[C@H](O)C(=O)N[C@H](Cc1cnc2ccccc2n1)C(N)=O. The number of rotatable bonds is 7. The number of hydrogen-bond acceptors (Lipinski definition) is 5. The van der Waals surface area contributed by atoms with Crippen molar-refractivity contribution in [1.82, 2.24) is 15.3 Å². The molecule has 0 saturated heterocycles. The van der Waals surface area contributed by atoms with Gasteiger partial charge in [-0.25, -0.2) is 4.98 Å². The van der Waals surface area contributed by atoms with Gasteiger partial charge in [0.15, 0.2) is 0 Å². The Morgan fingerprint density at radius 3 is 2.54 bits per heavy atom. The smallest absolute Gasteiger partial charge is 0.249 e. The molecule has 0 saturated carbocycles. The summed E-state index contributed by atoms with van der Waals surface area (Å²) in [5.41, 5.74) is 7.34. The highest BCUT2D eigenvalue weighted by atomic mass is 16.3. The Kier molecular flexibility index (Phi) is 5.81. The number of hydrogen-bond donors (Lipinski definition) is 3. The van der Waals surface area contributed by atoms with Crippen molar-refractivity contribution >= 4 is 22.8 Å². The summed E-state index contributed by atoms with van der Waals surface area (Å²) in [5, 5.41) is 12.3. The van der Waals surface area contributed by atoms with E-state index < -0.39 is 24.0 Å².